The number of nitrogens with zero attached hydrogens (tertiary/aromatic N) is 2. The normalized spacial score (nSPS) is 23.2. The van der Waals surface area contributed by atoms with Crippen molar-refractivity contribution in [1.29, 1.82) is 0 Å². The van der Waals surface area contributed by atoms with E-state index in [1.807, 2.05) is 6.92 Å². The van der Waals surface area contributed by atoms with Crippen molar-refractivity contribution < 1.29 is 28.2 Å². The number of piperidine rings is 1. The highest BCUT2D eigenvalue weighted by Gasteiger charge is 2.54. The molecule has 0 aromatic heterocycles. The largest absolute Gasteiger partial charge is 0.480 e. The smallest absolute Gasteiger partial charge is 0.328 e. The first kappa shape index (κ1) is 17.8. The summed E-state index contributed by atoms with van der Waals surface area (Å²) in [5.74, 6) is -3.72. The van der Waals surface area contributed by atoms with E-state index in [2.05, 4.69) is 4.90 Å². The minimum Gasteiger partial charge on any atom is -0.480 e. The van der Waals surface area contributed by atoms with E-state index in [0.717, 1.165) is 29.6 Å². The Labute approximate surface area is 144 Å². The SMILES string of the molecule is CCN1CCC2(CC1)OC[C@@H](C(=O)O)N2C(=O)c1cc(F)ccc1F. The number of halogens is 2. The Morgan fingerprint density at radius 2 is 2.00 bits per heavy atom. The number of carbonyl (C=O) groups is 2. The first-order chi connectivity index (χ1) is 11.9. The molecule has 0 unspecified atom stereocenters. The monoisotopic (exact) mass is 354 g/mol. The third-order valence-corrected chi connectivity index (χ3v) is 5.01. The summed E-state index contributed by atoms with van der Waals surface area (Å²) >= 11 is 0. The quantitative estimate of drug-likeness (QED) is 0.895. The van der Waals surface area contributed by atoms with Crippen LogP contribution in [0.2, 0.25) is 0 Å². The highest BCUT2D eigenvalue weighted by atomic mass is 19.1. The Hall–Kier alpha value is -2.06. The van der Waals surface area contributed by atoms with Gasteiger partial charge >= 0.3 is 5.97 Å². The maximum absolute atomic E-state index is 14.1. The van der Waals surface area contributed by atoms with Gasteiger partial charge in [-0.15, -0.1) is 0 Å². The van der Waals surface area contributed by atoms with Gasteiger partial charge < -0.3 is 14.7 Å². The topological polar surface area (TPSA) is 70.1 Å². The van der Waals surface area contributed by atoms with Crippen molar-refractivity contribution in [3.05, 3.63) is 35.4 Å². The number of amides is 1. The molecule has 0 radical (unpaired) electrons. The maximum atomic E-state index is 14.1. The lowest BCUT2D eigenvalue weighted by atomic mass is 9.96. The summed E-state index contributed by atoms with van der Waals surface area (Å²) in [4.78, 5) is 27.8. The number of carboxylic acids is 1. The molecule has 1 atom stereocenters. The summed E-state index contributed by atoms with van der Waals surface area (Å²) in [7, 11) is 0. The van der Waals surface area contributed by atoms with E-state index < -0.39 is 40.8 Å². The average Bonchev–Trinajstić information content (AvgIpc) is 2.96. The number of hydrogen-bond donors (Lipinski definition) is 1. The van der Waals surface area contributed by atoms with Crippen molar-refractivity contribution in [2.45, 2.75) is 31.5 Å². The molecule has 6 nitrogen and oxygen atoms in total. The van der Waals surface area contributed by atoms with Gasteiger partial charge in [0.05, 0.1) is 12.2 Å². The van der Waals surface area contributed by atoms with Crippen molar-refractivity contribution in [2.24, 2.45) is 0 Å². The van der Waals surface area contributed by atoms with Gasteiger partial charge in [0.25, 0.3) is 5.91 Å². The van der Waals surface area contributed by atoms with E-state index in [4.69, 9.17) is 4.74 Å². The molecule has 3 rings (SSSR count). The number of likely N-dealkylation sites (tertiary alicyclic amines) is 1. The van der Waals surface area contributed by atoms with Crippen LogP contribution in [0.5, 0.6) is 0 Å². The maximum Gasteiger partial charge on any atom is 0.328 e. The summed E-state index contributed by atoms with van der Waals surface area (Å²) in [5.41, 5.74) is -1.57. The molecular formula is C17H20F2N2O4. The fourth-order valence-corrected chi connectivity index (χ4v) is 3.57. The fraction of sp³-hybridized carbons (Fsp3) is 0.529. The number of hydrogen-bond acceptors (Lipinski definition) is 4. The predicted octanol–water partition coefficient (Wildman–Crippen LogP) is 1.70. The number of carbonyl (C=O) groups excluding carboxylic acids is 1. The highest BCUT2D eigenvalue weighted by molar-refractivity contribution is 5.97. The minimum absolute atomic E-state index is 0.163. The van der Waals surface area contributed by atoms with Crippen LogP contribution in [0.15, 0.2) is 18.2 Å². The number of ether oxygens (including phenoxy) is 1. The molecule has 8 heteroatoms. The predicted molar refractivity (Wildman–Crippen MR) is 84.0 cm³/mol. The molecule has 2 aliphatic heterocycles. The van der Waals surface area contributed by atoms with Crippen LogP contribution >= 0.6 is 0 Å². The second-order valence-corrected chi connectivity index (χ2v) is 6.34. The van der Waals surface area contributed by atoms with E-state index in [1.165, 1.54) is 0 Å². The second kappa shape index (κ2) is 6.68. The molecule has 2 fully saturated rings. The highest BCUT2D eigenvalue weighted by Crippen LogP contribution is 2.38. The molecule has 1 spiro atoms. The fourth-order valence-electron chi connectivity index (χ4n) is 3.57. The summed E-state index contributed by atoms with van der Waals surface area (Å²) in [5, 5.41) is 9.46. The summed E-state index contributed by atoms with van der Waals surface area (Å²) < 4.78 is 33.3. The Balaban J connectivity index is 1.97. The molecule has 0 aliphatic carbocycles. The Kier molecular flexibility index (Phi) is 4.75. The van der Waals surface area contributed by atoms with Crippen LogP contribution < -0.4 is 0 Å². The van der Waals surface area contributed by atoms with E-state index in [-0.39, 0.29) is 6.61 Å². The lowest BCUT2D eigenvalue weighted by Crippen LogP contribution is -2.58. The van der Waals surface area contributed by atoms with Gasteiger partial charge in [-0.05, 0) is 24.7 Å². The van der Waals surface area contributed by atoms with Gasteiger partial charge in [-0.25, -0.2) is 13.6 Å². The molecule has 1 N–H and O–H groups in total. The molecule has 136 valence electrons. The molecule has 1 aromatic rings. The van der Waals surface area contributed by atoms with Crippen molar-refractivity contribution in [3.63, 3.8) is 0 Å². The third kappa shape index (κ3) is 3.11. The lowest BCUT2D eigenvalue weighted by molar-refractivity contribution is -0.143. The van der Waals surface area contributed by atoms with Gasteiger partial charge in [-0.1, -0.05) is 6.92 Å². The summed E-state index contributed by atoms with van der Waals surface area (Å²) in [6.45, 7) is 3.96. The molecule has 2 aliphatic rings. The van der Waals surface area contributed by atoms with Gasteiger partial charge in [0.2, 0.25) is 0 Å². The standard InChI is InChI=1S/C17H20F2N2O4/c1-2-20-7-5-17(6-8-20)21(14(10-25-17)16(23)24)15(22)12-9-11(18)3-4-13(12)19/h3-4,9,14H,2,5-8,10H2,1H3,(H,23,24)/t14-/m0/s1. The minimum atomic E-state index is -1.22. The summed E-state index contributed by atoms with van der Waals surface area (Å²) in [6, 6.07) is 1.35. The first-order valence-corrected chi connectivity index (χ1v) is 8.26. The van der Waals surface area contributed by atoms with E-state index in [0.29, 0.717) is 25.9 Å². The second-order valence-electron chi connectivity index (χ2n) is 6.34. The molecule has 0 saturated carbocycles. The lowest BCUT2D eigenvalue weighted by Gasteiger charge is -2.44. The molecule has 1 aromatic carbocycles. The van der Waals surface area contributed by atoms with Crippen LogP contribution in [0.4, 0.5) is 8.78 Å². The van der Waals surface area contributed by atoms with Crippen molar-refractivity contribution in [3.8, 4) is 0 Å². The van der Waals surface area contributed by atoms with Crippen LogP contribution in [-0.2, 0) is 9.53 Å². The Bertz CT molecular complexity index is 689. The third-order valence-electron chi connectivity index (χ3n) is 5.01. The zero-order chi connectivity index (χ0) is 18.2. The number of rotatable bonds is 3. The van der Waals surface area contributed by atoms with Gasteiger partial charge in [-0.2, -0.15) is 0 Å². The van der Waals surface area contributed by atoms with Crippen molar-refractivity contribution in [1.82, 2.24) is 9.80 Å². The molecule has 1 amide bonds. The van der Waals surface area contributed by atoms with Crippen LogP contribution in [0.3, 0.4) is 0 Å². The zero-order valence-corrected chi connectivity index (χ0v) is 13.9. The molecule has 25 heavy (non-hydrogen) atoms. The van der Waals surface area contributed by atoms with Gasteiger partial charge in [0.1, 0.15) is 17.4 Å². The Morgan fingerprint density at radius 1 is 1.32 bits per heavy atom. The van der Waals surface area contributed by atoms with Crippen LogP contribution in [0, 0.1) is 11.6 Å². The Morgan fingerprint density at radius 3 is 2.60 bits per heavy atom. The number of aliphatic carboxylic acids is 1. The first-order valence-electron chi connectivity index (χ1n) is 8.26. The zero-order valence-electron chi connectivity index (χ0n) is 13.9. The molecule has 0 bridgehead atoms. The van der Waals surface area contributed by atoms with Crippen LogP contribution in [0.1, 0.15) is 30.1 Å². The number of benzene rings is 1. The van der Waals surface area contributed by atoms with Gasteiger partial charge in [0, 0.05) is 25.9 Å². The molecule has 2 saturated heterocycles. The van der Waals surface area contributed by atoms with Gasteiger partial charge in [0.15, 0.2) is 6.04 Å². The van der Waals surface area contributed by atoms with Crippen molar-refractivity contribution in [2.75, 3.05) is 26.2 Å². The van der Waals surface area contributed by atoms with E-state index in [9.17, 15) is 23.5 Å². The summed E-state index contributed by atoms with van der Waals surface area (Å²) in [6.07, 6.45) is 0.848. The van der Waals surface area contributed by atoms with E-state index in [1.54, 1.807) is 0 Å². The van der Waals surface area contributed by atoms with E-state index >= 15 is 0 Å². The average molecular weight is 354 g/mol. The van der Waals surface area contributed by atoms with Crippen LogP contribution in [-0.4, -0.2) is 64.8 Å². The molecular weight excluding hydrogens is 334 g/mol. The molecule has 2 heterocycles. The van der Waals surface area contributed by atoms with Crippen molar-refractivity contribution >= 4 is 11.9 Å². The van der Waals surface area contributed by atoms with Crippen LogP contribution in [0.25, 0.3) is 0 Å². The van der Waals surface area contributed by atoms with Gasteiger partial charge in [-0.3, -0.25) is 9.69 Å². The number of carboxylic acid groups (broad SMARTS) is 1.